The third kappa shape index (κ3) is 3.45. The maximum atomic E-state index is 6.19. The van der Waals surface area contributed by atoms with Crippen LogP contribution in [0.1, 0.15) is 18.7 Å². The molecule has 0 radical (unpaired) electrons. The minimum absolute atomic E-state index is 0. The molecule has 2 aromatic rings. The van der Waals surface area contributed by atoms with Gasteiger partial charge in [-0.25, -0.2) is 0 Å². The predicted molar refractivity (Wildman–Crippen MR) is 94.1 cm³/mol. The number of nitrogens with zero attached hydrogens (tertiary/aromatic N) is 3. The van der Waals surface area contributed by atoms with Gasteiger partial charge in [-0.1, -0.05) is 33.2 Å². The van der Waals surface area contributed by atoms with Crippen molar-refractivity contribution in [3.05, 3.63) is 34.6 Å². The molecule has 1 saturated carbocycles. The summed E-state index contributed by atoms with van der Waals surface area (Å²) in [7, 11) is 0. The summed E-state index contributed by atoms with van der Waals surface area (Å²) < 4.78 is 6.43. The van der Waals surface area contributed by atoms with Crippen molar-refractivity contribution >= 4 is 28.3 Å². The Morgan fingerprint density at radius 3 is 2.96 bits per heavy atom. The number of hydrogen-bond donors (Lipinski definition) is 1. The Balaban J connectivity index is 0.00000156. The third-order valence-electron chi connectivity index (χ3n) is 4.90. The van der Waals surface area contributed by atoms with Gasteiger partial charge in [-0.2, -0.15) is 4.98 Å². The van der Waals surface area contributed by atoms with Gasteiger partial charge in [0.1, 0.15) is 0 Å². The van der Waals surface area contributed by atoms with Crippen molar-refractivity contribution in [2.75, 3.05) is 13.1 Å². The number of likely N-dealkylation sites (tertiary alicyclic amines) is 1. The van der Waals surface area contributed by atoms with E-state index in [2.05, 4.69) is 31.0 Å². The zero-order valence-electron chi connectivity index (χ0n) is 12.7. The lowest BCUT2D eigenvalue weighted by Gasteiger charge is -2.15. The van der Waals surface area contributed by atoms with Crippen LogP contribution < -0.4 is 5.73 Å². The third-order valence-corrected chi connectivity index (χ3v) is 5.39. The SMILES string of the molecule is Cl.NC1CCC2CN(Cc3nc(-c4cccc(Br)c4)no3)CC12. The van der Waals surface area contributed by atoms with Crippen LogP contribution in [0, 0.1) is 11.8 Å². The maximum absolute atomic E-state index is 6.19. The Bertz CT molecular complexity index is 680. The molecule has 2 fully saturated rings. The van der Waals surface area contributed by atoms with Crippen molar-refractivity contribution in [1.82, 2.24) is 15.0 Å². The van der Waals surface area contributed by atoms with E-state index in [1.54, 1.807) is 0 Å². The largest absolute Gasteiger partial charge is 0.338 e. The van der Waals surface area contributed by atoms with Crippen molar-refractivity contribution in [1.29, 1.82) is 0 Å². The lowest BCUT2D eigenvalue weighted by molar-refractivity contribution is 0.250. The number of rotatable bonds is 3. The highest BCUT2D eigenvalue weighted by atomic mass is 79.9. The average molecular weight is 400 g/mol. The topological polar surface area (TPSA) is 68.2 Å². The number of hydrogen-bond acceptors (Lipinski definition) is 5. The standard InChI is InChI=1S/C16H19BrN4O.ClH/c17-12-3-1-2-10(6-12)16-19-15(22-20-16)9-21-7-11-4-5-14(18)13(11)8-21;/h1-3,6,11,13-14H,4-5,7-9,18H2;1H. The Morgan fingerprint density at radius 2 is 2.17 bits per heavy atom. The summed E-state index contributed by atoms with van der Waals surface area (Å²) in [6, 6.07) is 8.30. The van der Waals surface area contributed by atoms with E-state index in [1.807, 2.05) is 24.3 Å². The highest BCUT2D eigenvalue weighted by Gasteiger charge is 2.41. The van der Waals surface area contributed by atoms with Crippen molar-refractivity contribution in [2.45, 2.75) is 25.4 Å². The zero-order valence-corrected chi connectivity index (χ0v) is 15.1. The molecule has 4 rings (SSSR count). The van der Waals surface area contributed by atoms with Crippen molar-refractivity contribution in [3.8, 4) is 11.4 Å². The van der Waals surface area contributed by atoms with Crippen molar-refractivity contribution in [3.63, 3.8) is 0 Å². The van der Waals surface area contributed by atoms with Gasteiger partial charge in [0, 0.05) is 29.2 Å². The van der Waals surface area contributed by atoms with E-state index in [-0.39, 0.29) is 12.4 Å². The zero-order chi connectivity index (χ0) is 15.1. The molecule has 124 valence electrons. The van der Waals surface area contributed by atoms with Crippen LogP contribution in [0.4, 0.5) is 0 Å². The lowest BCUT2D eigenvalue weighted by Crippen LogP contribution is -2.30. The van der Waals surface area contributed by atoms with Gasteiger partial charge in [0.15, 0.2) is 0 Å². The molecule has 1 aliphatic carbocycles. The highest BCUT2D eigenvalue weighted by molar-refractivity contribution is 9.10. The van der Waals surface area contributed by atoms with Gasteiger partial charge in [0.2, 0.25) is 11.7 Å². The van der Waals surface area contributed by atoms with E-state index in [0.29, 0.717) is 23.7 Å². The molecule has 1 saturated heterocycles. The first-order valence-corrected chi connectivity index (χ1v) is 8.55. The smallest absolute Gasteiger partial charge is 0.241 e. The Morgan fingerprint density at radius 1 is 1.30 bits per heavy atom. The first-order valence-electron chi connectivity index (χ1n) is 7.75. The van der Waals surface area contributed by atoms with Gasteiger partial charge in [-0.05, 0) is 36.8 Å². The Labute approximate surface area is 150 Å². The first-order chi connectivity index (χ1) is 10.7. The minimum atomic E-state index is 0. The van der Waals surface area contributed by atoms with Gasteiger partial charge in [0.05, 0.1) is 6.54 Å². The number of halogens is 2. The van der Waals surface area contributed by atoms with Crippen LogP contribution in [0.2, 0.25) is 0 Å². The molecule has 1 aliphatic heterocycles. The van der Waals surface area contributed by atoms with E-state index in [1.165, 1.54) is 12.8 Å². The fraction of sp³-hybridized carbons (Fsp3) is 0.500. The van der Waals surface area contributed by atoms with Crippen LogP contribution in [0.5, 0.6) is 0 Å². The summed E-state index contributed by atoms with van der Waals surface area (Å²) in [4.78, 5) is 6.92. The number of fused-ring (bicyclic) bond motifs is 1. The van der Waals surface area contributed by atoms with Crippen LogP contribution in [0.3, 0.4) is 0 Å². The molecule has 23 heavy (non-hydrogen) atoms. The maximum Gasteiger partial charge on any atom is 0.241 e. The second-order valence-corrected chi connectivity index (χ2v) is 7.30. The van der Waals surface area contributed by atoms with E-state index >= 15 is 0 Å². The average Bonchev–Trinajstić information content (AvgIpc) is 3.18. The molecule has 0 amide bonds. The second-order valence-electron chi connectivity index (χ2n) is 6.38. The fourth-order valence-electron chi connectivity index (χ4n) is 3.78. The fourth-order valence-corrected chi connectivity index (χ4v) is 4.18. The normalized spacial score (nSPS) is 27.0. The number of benzene rings is 1. The van der Waals surface area contributed by atoms with Crippen LogP contribution in [0.25, 0.3) is 11.4 Å². The van der Waals surface area contributed by atoms with Crippen LogP contribution in [0.15, 0.2) is 33.3 Å². The van der Waals surface area contributed by atoms with Crippen LogP contribution >= 0.6 is 28.3 Å². The van der Waals surface area contributed by atoms with Crippen molar-refractivity contribution < 1.29 is 4.52 Å². The molecular formula is C16H20BrClN4O. The number of aromatic nitrogens is 2. The van der Waals surface area contributed by atoms with Gasteiger partial charge in [-0.15, -0.1) is 12.4 Å². The Kier molecular flexibility index (Phi) is 5.06. The molecule has 3 unspecified atom stereocenters. The van der Waals surface area contributed by atoms with E-state index < -0.39 is 0 Å². The summed E-state index contributed by atoms with van der Waals surface area (Å²) in [6.07, 6.45) is 2.44. The number of nitrogens with two attached hydrogens (primary N) is 1. The molecule has 0 spiro atoms. The van der Waals surface area contributed by atoms with Crippen LogP contribution in [-0.4, -0.2) is 34.2 Å². The summed E-state index contributed by atoms with van der Waals surface area (Å²) in [6.45, 7) is 2.88. The quantitative estimate of drug-likeness (QED) is 0.859. The molecule has 3 atom stereocenters. The van der Waals surface area contributed by atoms with Gasteiger partial charge >= 0.3 is 0 Å². The Hall–Kier alpha value is -0.950. The van der Waals surface area contributed by atoms with E-state index in [9.17, 15) is 0 Å². The van der Waals surface area contributed by atoms with Gasteiger partial charge in [0.25, 0.3) is 0 Å². The molecule has 2 N–H and O–H groups in total. The molecule has 7 heteroatoms. The van der Waals surface area contributed by atoms with Crippen LogP contribution in [-0.2, 0) is 6.54 Å². The molecule has 1 aromatic heterocycles. The lowest BCUT2D eigenvalue weighted by atomic mass is 9.98. The second kappa shape index (κ2) is 6.89. The molecule has 2 heterocycles. The molecule has 5 nitrogen and oxygen atoms in total. The summed E-state index contributed by atoms with van der Waals surface area (Å²) in [5.41, 5.74) is 7.15. The monoisotopic (exact) mass is 398 g/mol. The molecular weight excluding hydrogens is 380 g/mol. The van der Waals surface area contributed by atoms with Gasteiger partial charge < -0.3 is 10.3 Å². The summed E-state index contributed by atoms with van der Waals surface area (Å²) >= 11 is 3.46. The molecule has 2 aliphatic rings. The minimum Gasteiger partial charge on any atom is -0.338 e. The molecule has 1 aromatic carbocycles. The predicted octanol–water partition coefficient (Wildman–Crippen LogP) is 3.09. The first kappa shape index (κ1) is 16.9. The van der Waals surface area contributed by atoms with E-state index in [0.717, 1.165) is 35.6 Å². The summed E-state index contributed by atoms with van der Waals surface area (Å²) in [5.74, 6) is 2.73. The van der Waals surface area contributed by atoms with Gasteiger partial charge in [-0.3, -0.25) is 4.90 Å². The summed E-state index contributed by atoms with van der Waals surface area (Å²) in [5, 5.41) is 4.10. The highest BCUT2D eigenvalue weighted by Crippen LogP contribution is 2.37. The van der Waals surface area contributed by atoms with Crippen molar-refractivity contribution in [2.24, 2.45) is 17.6 Å². The van der Waals surface area contributed by atoms with E-state index in [4.69, 9.17) is 10.3 Å². The molecule has 0 bridgehead atoms.